The van der Waals surface area contributed by atoms with Crippen LogP contribution in [0, 0.1) is 0 Å². The lowest BCUT2D eigenvalue weighted by Gasteiger charge is -2.10. The molecule has 0 aromatic heterocycles. The highest BCUT2D eigenvalue weighted by molar-refractivity contribution is 6.17. The fourth-order valence-corrected chi connectivity index (χ4v) is 3.20. The van der Waals surface area contributed by atoms with E-state index in [0.717, 1.165) is 28.3 Å². The number of fused-ring (bicyclic) bond motifs is 1. The third-order valence-corrected chi connectivity index (χ3v) is 4.59. The number of nitrogens with zero attached hydrogens (tertiary/aromatic N) is 1. The van der Waals surface area contributed by atoms with Crippen molar-refractivity contribution >= 4 is 28.7 Å². The van der Waals surface area contributed by atoms with Crippen LogP contribution in [0.5, 0.6) is 11.5 Å². The van der Waals surface area contributed by atoms with Crippen LogP contribution in [0.15, 0.2) is 71.4 Å². The van der Waals surface area contributed by atoms with E-state index in [9.17, 15) is 4.79 Å². The number of methoxy groups -OCH3 is 1. The molecule has 0 fully saturated rings. The normalized spacial score (nSPS) is 14.8. The number of ether oxygens (including phenoxy) is 3. The van der Waals surface area contributed by atoms with Gasteiger partial charge in [-0.05, 0) is 47.0 Å². The number of carbonyl (C=O) groups is 1. The molecule has 3 aromatic rings. The van der Waals surface area contributed by atoms with Crippen molar-refractivity contribution < 1.29 is 19.0 Å². The third kappa shape index (κ3) is 3.85. The predicted molar refractivity (Wildman–Crippen MR) is 113 cm³/mol. The number of carbonyl (C=O) groups excluding carboxylic acids is 1. The van der Waals surface area contributed by atoms with Crippen molar-refractivity contribution in [3.63, 3.8) is 0 Å². The highest BCUT2D eigenvalue weighted by atomic mass is 16.6. The standard InChI is InChI=1S/C24H21NO4/c1-3-13-28-21-12-11-16(15-22(21)27-2)14-20-24(26)29-23(25-20)19-10-6-8-17-7-4-5-9-18(17)19/h4-12,14-15H,3,13H2,1-2H3/b20-14-. The van der Waals surface area contributed by atoms with Gasteiger partial charge in [0.1, 0.15) is 0 Å². The number of cyclic esters (lactones) is 1. The van der Waals surface area contributed by atoms with Crippen LogP contribution in [-0.4, -0.2) is 25.6 Å². The van der Waals surface area contributed by atoms with Crippen molar-refractivity contribution in [2.45, 2.75) is 13.3 Å². The van der Waals surface area contributed by atoms with Gasteiger partial charge in [-0.3, -0.25) is 0 Å². The monoisotopic (exact) mass is 387 g/mol. The minimum atomic E-state index is -0.474. The van der Waals surface area contributed by atoms with Gasteiger partial charge in [0, 0.05) is 5.56 Å². The van der Waals surface area contributed by atoms with Gasteiger partial charge < -0.3 is 14.2 Å². The van der Waals surface area contributed by atoms with E-state index < -0.39 is 5.97 Å². The van der Waals surface area contributed by atoms with E-state index in [1.165, 1.54) is 0 Å². The summed E-state index contributed by atoms with van der Waals surface area (Å²) in [5.74, 6) is 1.12. The molecule has 0 amide bonds. The van der Waals surface area contributed by atoms with Crippen LogP contribution in [0.1, 0.15) is 24.5 Å². The van der Waals surface area contributed by atoms with E-state index in [4.69, 9.17) is 14.2 Å². The summed E-state index contributed by atoms with van der Waals surface area (Å²) in [5, 5.41) is 2.05. The van der Waals surface area contributed by atoms with Gasteiger partial charge >= 0.3 is 5.97 Å². The zero-order chi connectivity index (χ0) is 20.2. The van der Waals surface area contributed by atoms with Crippen molar-refractivity contribution in [3.8, 4) is 11.5 Å². The summed E-state index contributed by atoms with van der Waals surface area (Å²) < 4.78 is 16.5. The van der Waals surface area contributed by atoms with Crippen LogP contribution in [0.4, 0.5) is 0 Å². The van der Waals surface area contributed by atoms with Crippen molar-refractivity contribution in [1.82, 2.24) is 0 Å². The Morgan fingerprint density at radius 1 is 1.03 bits per heavy atom. The maximum absolute atomic E-state index is 12.4. The quantitative estimate of drug-likeness (QED) is 0.442. The zero-order valence-electron chi connectivity index (χ0n) is 16.3. The second-order valence-electron chi connectivity index (χ2n) is 6.62. The second-order valence-corrected chi connectivity index (χ2v) is 6.62. The van der Waals surface area contributed by atoms with E-state index in [-0.39, 0.29) is 5.70 Å². The average Bonchev–Trinajstić information content (AvgIpc) is 3.12. The number of rotatable bonds is 6. The van der Waals surface area contributed by atoms with Gasteiger partial charge in [-0.25, -0.2) is 9.79 Å². The van der Waals surface area contributed by atoms with Crippen molar-refractivity contribution in [1.29, 1.82) is 0 Å². The van der Waals surface area contributed by atoms with Gasteiger partial charge in [-0.1, -0.05) is 49.4 Å². The number of hydrogen-bond donors (Lipinski definition) is 0. The Bertz CT molecular complexity index is 1130. The maximum atomic E-state index is 12.4. The molecule has 5 nitrogen and oxygen atoms in total. The molecule has 5 heteroatoms. The lowest BCUT2D eigenvalue weighted by molar-refractivity contribution is -0.129. The molecule has 0 saturated heterocycles. The van der Waals surface area contributed by atoms with Gasteiger partial charge in [-0.2, -0.15) is 0 Å². The Kier molecular flexibility index (Phi) is 5.29. The van der Waals surface area contributed by atoms with Crippen LogP contribution >= 0.6 is 0 Å². The predicted octanol–water partition coefficient (Wildman–Crippen LogP) is 4.98. The average molecular weight is 387 g/mol. The van der Waals surface area contributed by atoms with Gasteiger partial charge in [0.05, 0.1) is 13.7 Å². The Balaban J connectivity index is 1.68. The Labute approximate surface area is 169 Å². The first-order valence-electron chi connectivity index (χ1n) is 9.51. The van der Waals surface area contributed by atoms with E-state index in [2.05, 4.69) is 4.99 Å². The summed E-state index contributed by atoms with van der Waals surface area (Å²) in [6, 6.07) is 19.3. The summed E-state index contributed by atoms with van der Waals surface area (Å²) in [6.45, 7) is 2.66. The lowest BCUT2D eigenvalue weighted by Crippen LogP contribution is -2.05. The zero-order valence-corrected chi connectivity index (χ0v) is 16.3. The summed E-state index contributed by atoms with van der Waals surface area (Å²) in [7, 11) is 1.59. The molecule has 1 aliphatic heterocycles. The topological polar surface area (TPSA) is 57.1 Å². The maximum Gasteiger partial charge on any atom is 0.363 e. The van der Waals surface area contributed by atoms with E-state index in [0.29, 0.717) is 24.0 Å². The van der Waals surface area contributed by atoms with Crippen LogP contribution in [0.25, 0.3) is 16.8 Å². The molecule has 1 heterocycles. The van der Waals surface area contributed by atoms with Crippen molar-refractivity contribution in [3.05, 3.63) is 77.5 Å². The lowest BCUT2D eigenvalue weighted by atomic mass is 10.0. The molecular formula is C24H21NO4. The SMILES string of the molecule is CCCOc1ccc(/C=C2\N=C(c3cccc4ccccc34)OC2=O)cc1OC. The highest BCUT2D eigenvalue weighted by Gasteiger charge is 2.25. The Morgan fingerprint density at radius 2 is 1.86 bits per heavy atom. The van der Waals surface area contributed by atoms with Gasteiger partial charge in [0.25, 0.3) is 0 Å². The van der Waals surface area contributed by atoms with E-state index in [1.54, 1.807) is 13.2 Å². The molecule has 0 aliphatic carbocycles. The molecule has 29 heavy (non-hydrogen) atoms. The highest BCUT2D eigenvalue weighted by Crippen LogP contribution is 2.30. The molecule has 0 N–H and O–H groups in total. The number of hydrogen-bond acceptors (Lipinski definition) is 5. The van der Waals surface area contributed by atoms with Gasteiger partial charge in [0.15, 0.2) is 17.2 Å². The summed E-state index contributed by atoms with van der Waals surface area (Å²) in [5.41, 5.74) is 1.82. The fourth-order valence-electron chi connectivity index (χ4n) is 3.20. The number of aliphatic imine (C=N–C) groups is 1. The molecule has 0 unspecified atom stereocenters. The molecule has 4 rings (SSSR count). The van der Waals surface area contributed by atoms with E-state index >= 15 is 0 Å². The molecule has 146 valence electrons. The molecule has 0 bridgehead atoms. The van der Waals surface area contributed by atoms with Gasteiger partial charge in [-0.15, -0.1) is 0 Å². The van der Waals surface area contributed by atoms with Crippen LogP contribution < -0.4 is 9.47 Å². The molecule has 0 spiro atoms. The summed E-state index contributed by atoms with van der Waals surface area (Å²) in [6.07, 6.45) is 2.60. The van der Waals surface area contributed by atoms with Crippen LogP contribution in [0.2, 0.25) is 0 Å². The third-order valence-electron chi connectivity index (χ3n) is 4.59. The first kappa shape index (κ1) is 18.7. The number of benzene rings is 3. The minimum Gasteiger partial charge on any atom is -0.493 e. The Morgan fingerprint density at radius 3 is 2.69 bits per heavy atom. The molecular weight excluding hydrogens is 366 g/mol. The van der Waals surface area contributed by atoms with Crippen LogP contribution in [-0.2, 0) is 9.53 Å². The summed E-state index contributed by atoms with van der Waals surface area (Å²) in [4.78, 5) is 16.8. The van der Waals surface area contributed by atoms with E-state index in [1.807, 2.05) is 67.6 Å². The fraction of sp³-hybridized carbons (Fsp3) is 0.167. The largest absolute Gasteiger partial charge is 0.493 e. The molecule has 0 saturated carbocycles. The Hall–Kier alpha value is -3.60. The molecule has 0 atom stereocenters. The molecule has 3 aromatic carbocycles. The molecule has 0 radical (unpaired) electrons. The first-order valence-corrected chi connectivity index (χ1v) is 9.51. The second kappa shape index (κ2) is 8.19. The minimum absolute atomic E-state index is 0.247. The van der Waals surface area contributed by atoms with Crippen molar-refractivity contribution in [2.75, 3.05) is 13.7 Å². The number of esters is 1. The smallest absolute Gasteiger partial charge is 0.363 e. The van der Waals surface area contributed by atoms with Gasteiger partial charge in [0.2, 0.25) is 5.90 Å². The van der Waals surface area contributed by atoms with Crippen LogP contribution in [0.3, 0.4) is 0 Å². The van der Waals surface area contributed by atoms with Crippen molar-refractivity contribution in [2.24, 2.45) is 4.99 Å². The molecule has 1 aliphatic rings. The summed E-state index contributed by atoms with van der Waals surface area (Å²) >= 11 is 0. The first-order chi connectivity index (χ1) is 14.2.